The van der Waals surface area contributed by atoms with Crippen molar-refractivity contribution in [2.45, 2.75) is 46.3 Å². The van der Waals surface area contributed by atoms with E-state index >= 15 is 0 Å². The number of aromatic nitrogens is 2. The van der Waals surface area contributed by atoms with Crippen LogP contribution in [-0.4, -0.2) is 17.1 Å². The van der Waals surface area contributed by atoms with Crippen molar-refractivity contribution in [2.75, 3.05) is 7.11 Å². The third-order valence-corrected chi connectivity index (χ3v) is 3.22. The van der Waals surface area contributed by atoms with Gasteiger partial charge in [0.05, 0.1) is 0 Å². The quantitative estimate of drug-likeness (QED) is 0.845. The van der Waals surface area contributed by atoms with Crippen LogP contribution in [0.5, 0.6) is 0 Å². The molecule has 0 saturated carbocycles. The van der Waals surface area contributed by atoms with Gasteiger partial charge in [-0.05, 0) is 27.2 Å². The van der Waals surface area contributed by atoms with Crippen molar-refractivity contribution in [2.24, 2.45) is 5.73 Å². The molecule has 1 atom stereocenters. The molecule has 90 valence electrons. The van der Waals surface area contributed by atoms with Gasteiger partial charge in [-0.25, -0.2) is 9.97 Å². The molecule has 0 aliphatic heterocycles. The smallest absolute Gasteiger partial charge is 0.160 e. The molecular weight excluding hydrogens is 202 g/mol. The average molecular weight is 223 g/mol. The molecule has 1 aromatic heterocycles. The summed E-state index contributed by atoms with van der Waals surface area (Å²) in [5, 5.41) is 0. The standard InChI is InChI=1S/C12H21N3O/c1-6-12(4,16-5)11-14-8(2)10(7-13)9(3)15-11/h6-7,13H2,1-5H3. The summed E-state index contributed by atoms with van der Waals surface area (Å²) in [4.78, 5) is 9.00. The van der Waals surface area contributed by atoms with Gasteiger partial charge in [0.2, 0.25) is 0 Å². The summed E-state index contributed by atoms with van der Waals surface area (Å²) in [6.45, 7) is 8.48. The molecule has 16 heavy (non-hydrogen) atoms. The minimum Gasteiger partial charge on any atom is -0.371 e. The summed E-state index contributed by atoms with van der Waals surface area (Å²) in [6.07, 6.45) is 0.838. The number of nitrogens with two attached hydrogens (primary N) is 1. The normalized spacial score (nSPS) is 14.9. The Hall–Kier alpha value is -1.00. The molecule has 1 heterocycles. The topological polar surface area (TPSA) is 61.0 Å². The summed E-state index contributed by atoms with van der Waals surface area (Å²) in [5.41, 5.74) is 8.17. The van der Waals surface area contributed by atoms with Gasteiger partial charge in [-0.1, -0.05) is 6.92 Å². The Balaban J connectivity index is 3.27. The Morgan fingerprint density at radius 1 is 1.25 bits per heavy atom. The maximum atomic E-state index is 5.66. The van der Waals surface area contributed by atoms with E-state index in [4.69, 9.17) is 10.5 Å². The molecule has 0 fully saturated rings. The fourth-order valence-electron chi connectivity index (χ4n) is 1.67. The molecule has 0 radical (unpaired) electrons. The van der Waals surface area contributed by atoms with Crippen molar-refractivity contribution in [1.29, 1.82) is 0 Å². The summed E-state index contributed by atoms with van der Waals surface area (Å²) >= 11 is 0. The molecule has 1 aromatic rings. The van der Waals surface area contributed by atoms with Crippen molar-refractivity contribution in [3.8, 4) is 0 Å². The van der Waals surface area contributed by atoms with Gasteiger partial charge < -0.3 is 10.5 Å². The van der Waals surface area contributed by atoms with E-state index in [2.05, 4.69) is 16.9 Å². The van der Waals surface area contributed by atoms with Gasteiger partial charge >= 0.3 is 0 Å². The third-order valence-electron chi connectivity index (χ3n) is 3.22. The monoisotopic (exact) mass is 223 g/mol. The van der Waals surface area contributed by atoms with E-state index in [1.807, 2.05) is 20.8 Å². The Kier molecular flexibility index (Phi) is 3.99. The van der Waals surface area contributed by atoms with E-state index in [0.29, 0.717) is 6.54 Å². The van der Waals surface area contributed by atoms with Crippen molar-refractivity contribution in [3.63, 3.8) is 0 Å². The van der Waals surface area contributed by atoms with Gasteiger partial charge in [-0.2, -0.15) is 0 Å². The lowest BCUT2D eigenvalue weighted by Gasteiger charge is -2.26. The molecule has 0 bridgehead atoms. The first-order chi connectivity index (χ1) is 7.48. The average Bonchev–Trinajstić information content (AvgIpc) is 2.27. The molecule has 1 rings (SSSR count). The number of rotatable bonds is 4. The molecule has 4 heteroatoms. The summed E-state index contributed by atoms with van der Waals surface area (Å²) in [7, 11) is 1.69. The number of hydrogen-bond donors (Lipinski definition) is 1. The lowest BCUT2D eigenvalue weighted by atomic mass is 10.0. The van der Waals surface area contributed by atoms with Gasteiger partial charge in [0, 0.05) is 30.6 Å². The van der Waals surface area contributed by atoms with E-state index in [1.54, 1.807) is 7.11 Å². The first-order valence-electron chi connectivity index (χ1n) is 5.58. The van der Waals surface area contributed by atoms with Crippen LogP contribution in [0.2, 0.25) is 0 Å². The third kappa shape index (κ3) is 2.23. The predicted octanol–water partition coefficient (Wildman–Crippen LogP) is 1.82. The molecule has 0 aliphatic carbocycles. The molecule has 2 N–H and O–H groups in total. The summed E-state index contributed by atoms with van der Waals surface area (Å²) in [6, 6.07) is 0. The van der Waals surface area contributed by atoms with Crippen LogP contribution in [0.3, 0.4) is 0 Å². The van der Waals surface area contributed by atoms with Crippen LogP contribution in [0.25, 0.3) is 0 Å². The second-order valence-corrected chi connectivity index (χ2v) is 4.19. The number of aryl methyl sites for hydroxylation is 2. The Labute approximate surface area is 97.2 Å². The zero-order chi connectivity index (χ0) is 12.3. The highest BCUT2D eigenvalue weighted by molar-refractivity contribution is 5.25. The minimum atomic E-state index is -0.414. The maximum Gasteiger partial charge on any atom is 0.160 e. The SMILES string of the molecule is CCC(C)(OC)c1nc(C)c(CN)c(C)n1. The van der Waals surface area contributed by atoms with Gasteiger partial charge in [-0.3, -0.25) is 0 Å². The van der Waals surface area contributed by atoms with Crippen LogP contribution in [0, 0.1) is 13.8 Å². The van der Waals surface area contributed by atoms with Crippen LogP contribution in [0.15, 0.2) is 0 Å². The van der Waals surface area contributed by atoms with E-state index in [-0.39, 0.29) is 0 Å². The molecule has 0 aromatic carbocycles. The molecule has 0 spiro atoms. The predicted molar refractivity (Wildman–Crippen MR) is 64.0 cm³/mol. The van der Waals surface area contributed by atoms with Crippen LogP contribution < -0.4 is 5.73 Å². The molecule has 4 nitrogen and oxygen atoms in total. The van der Waals surface area contributed by atoms with Crippen LogP contribution >= 0.6 is 0 Å². The largest absolute Gasteiger partial charge is 0.371 e. The fraction of sp³-hybridized carbons (Fsp3) is 0.667. The van der Waals surface area contributed by atoms with Gasteiger partial charge in [0.1, 0.15) is 5.60 Å². The van der Waals surface area contributed by atoms with Crippen molar-refractivity contribution < 1.29 is 4.74 Å². The number of ether oxygens (including phenoxy) is 1. The highest BCUT2D eigenvalue weighted by atomic mass is 16.5. The number of methoxy groups -OCH3 is 1. The molecule has 0 saturated heterocycles. The Morgan fingerprint density at radius 2 is 1.75 bits per heavy atom. The van der Waals surface area contributed by atoms with Gasteiger partial charge in [0.15, 0.2) is 5.82 Å². The molecule has 0 amide bonds. The highest BCUT2D eigenvalue weighted by Crippen LogP contribution is 2.26. The van der Waals surface area contributed by atoms with Crippen molar-refractivity contribution in [1.82, 2.24) is 9.97 Å². The lowest BCUT2D eigenvalue weighted by Crippen LogP contribution is -2.27. The Bertz CT molecular complexity index is 350. The van der Waals surface area contributed by atoms with Gasteiger partial charge in [0.25, 0.3) is 0 Å². The Morgan fingerprint density at radius 3 is 2.06 bits per heavy atom. The van der Waals surface area contributed by atoms with Crippen LogP contribution in [-0.2, 0) is 16.9 Å². The van der Waals surface area contributed by atoms with E-state index in [1.165, 1.54) is 0 Å². The van der Waals surface area contributed by atoms with Crippen molar-refractivity contribution >= 4 is 0 Å². The van der Waals surface area contributed by atoms with E-state index in [9.17, 15) is 0 Å². The summed E-state index contributed by atoms with van der Waals surface area (Å²) in [5.74, 6) is 0.740. The minimum absolute atomic E-state index is 0.414. The number of nitrogens with zero attached hydrogens (tertiary/aromatic N) is 2. The van der Waals surface area contributed by atoms with Crippen LogP contribution in [0.1, 0.15) is 43.0 Å². The second-order valence-electron chi connectivity index (χ2n) is 4.19. The van der Waals surface area contributed by atoms with E-state index < -0.39 is 5.60 Å². The first-order valence-corrected chi connectivity index (χ1v) is 5.58. The molecular formula is C12H21N3O. The van der Waals surface area contributed by atoms with Gasteiger partial charge in [-0.15, -0.1) is 0 Å². The van der Waals surface area contributed by atoms with E-state index in [0.717, 1.165) is 29.2 Å². The maximum absolute atomic E-state index is 5.66. The number of hydrogen-bond acceptors (Lipinski definition) is 4. The second kappa shape index (κ2) is 4.89. The summed E-state index contributed by atoms with van der Waals surface area (Å²) < 4.78 is 5.50. The highest BCUT2D eigenvalue weighted by Gasteiger charge is 2.28. The zero-order valence-corrected chi connectivity index (χ0v) is 10.8. The lowest BCUT2D eigenvalue weighted by molar-refractivity contribution is -0.00928. The molecule has 0 aliphatic rings. The van der Waals surface area contributed by atoms with Crippen LogP contribution in [0.4, 0.5) is 0 Å². The zero-order valence-electron chi connectivity index (χ0n) is 10.8. The molecule has 1 unspecified atom stereocenters. The fourth-order valence-corrected chi connectivity index (χ4v) is 1.67. The van der Waals surface area contributed by atoms with Crippen molar-refractivity contribution in [3.05, 3.63) is 22.8 Å². The first kappa shape index (κ1) is 13.1.